The minimum atomic E-state index is -4.43. The van der Waals surface area contributed by atoms with E-state index >= 15 is 0 Å². The number of nitrogens with one attached hydrogen (secondary N) is 1. The van der Waals surface area contributed by atoms with Crippen molar-refractivity contribution in [2.24, 2.45) is 0 Å². The molecular formula is C22H19ClF3N5O2S2. The number of thioether (sulfide) groups is 1. The normalized spacial score (nSPS) is 15.7. The Morgan fingerprint density at radius 3 is 2.43 bits per heavy atom. The summed E-state index contributed by atoms with van der Waals surface area (Å²) in [5.74, 6) is -0.0530. The molecule has 3 amide bonds. The van der Waals surface area contributed by atoms with Crippen LogP contribution in [0.1, 0.15) is 25.1 Å². The highest BCUT2D eigenvalue weighted by Crippen LogP contribution is 2.39. The lowest BCUT2D eigenvalue weighted by Crippen LogP contribution is -2.43. The number of urea groups is 1. The number of rotatable bonds is 6. The molecule has 0 unspecified atom stereocenters. The number of aryl methyl sites for hydroxylation is 1. The summed E-state index contributed by atoms with van der Waals surface area (Å²) < 4.78 is 37.9. The number of nitrogens with zero attached hydrogens (tertiary/aromatic N) is 4. The molecule has 2 aromatic heterocycles. The van der Waals surface area contributed by atoms with Gasteiger partial charge in [-0.15, -0.1) is 11.3 Å². The topological polar surface area (TPSA) is 78.4 Å². The summed E-state index contributed by atoms with van der Waals surface area (Å²) in [7, 11) is 0. The van der Waals surface area contributed by atoms with Gasteiger partial charge in [-0.3, -0.25) is 4.79 Å². The fourth-order valence-corrected chi connectivity index (χ4v) is 5.00. The first-order chi connectivity index (χ1) is 16.3. The van der Waals surface area contributed by atoms with Gasteiger partial charge >= 0.3 is 11.5 Å². The Bertz CT molecular complexity index is 1280. The average molecular weight is 542 g/mol. The van der Waals surface area contributed by atoms with Crippen LogP contribution in [0.3, 0.4) is 0 Å². The van der Waals surface area contributed by atoms with Gasteiger partial charge in [0.25, 0.3) is 5.91 Å². The summed E-state index contributed by atoms with van der Waals surface area (Å²) in [5, 5.41) is 5.79. The van der Waals surface area contributed by atoms with Crippen molar-refractivity contribution >= 4 is 63.3 Å². The third kappa shape index (κ3) is 5.54. The Hall–Kier alpha value is -2.83. The van der Waals surface area contributed by atoms with Crippen molar-refractivity contribution in [3.8, 4) is 0 Å². The zero-order valence-corrected chi connectivity index (χ0v) is 21.1. The third-order valence-electron chi connectivity index (χ3n) is 5.20. The molecule has 1 N–H and O–H groups in total. The molecule has 1 saturated heterocycles. The number of hydrogen-bond donors (Lipinski definition) is 1. The van der Waals surface area contributed by atoms with Gasteiger partial charge in [-0.05, 0) is 74.5 Å². The molecule has 4 rings (SSSR count). The number of hydrogen-bond acceptors (Lipinski definition) is 7. The number of imide groups is 1. The Labute approximate surface area is 212 Å². The van der Waals surface area contributed by atoms with Crippen molar-refractivity contribution < 1.29 is 22.8 Å². The number of carbonyl (C=O) groups is 2. The second kappa shape index (κ2) is 9.32. The molecule has 0 saturated carbocycles. The first-order valence-corrected chi connectivity index (χ1v) is 12.3. The maximum absolute atomic E-state index is 13.3. The molecule has 1 fully saturated rings. The van der Waals surface area contributed by atoms with Crippen LogP contribution in [-0.2, 0) is 11.3 Å². The van der Waals surface area contributed by atoms with E-state index in [-0.39, 0.29) is 34.0 Å². The molecule has 13 heteroatoms. The fourth-order valence-electron chi connectivity index (χ4n) is 3.53. The van der Waals surface area contributed by atoms with Crippen molar-refractivity contribution in [3.05, 3.63) is 58.2 Å². The van der Waals surface area contributed by atoms with E-state index in [1.807, 2.05) is 12.3 Å². The molecule has 3 heterocycles. The summed E-state index contributed by atoms with van der Waals surface area (Å²) in [6.45, 7) is 5.15. The molecule has 1 aromatic carbocycles. The van der Waals surface area contributed by atoms with E-state index in [0.29, 0.717) is 16.5 Å². The molecule has 0 radical (unpaired) electrons. The SMILES string of the molecule is Cc1csc(Nc2cc(CN3C(=O)N(c4ccc(SC(F)(F)F)cc4)C(=O)C3(C)C)cc(Cl)n2)n1. The van der Waals surface area contributed by atoms with Gasteiger partial charge in [-0.2, -0.15) is 13.2 Å². The number of pyridine rings is 1. The number of halogens is 4. The van der Waals surface area contributed by atoms with Crippen molar-refractivity contribution in [2.75, 3.05) is 10.2 Å². The molecular weight excluding hydrogens is 523 g/mol. The standard InChI is InChI=1S/C22H19ClF3N5O2S2/c1-12-11-34-19(27-12)29-17-9-13(8-16(23)28-17)10-30-20(33)31(18(32)21(30,2)3)14-4-6-15(7-5-14)35-22(24,25)26/h4-9,11H,10H2,1-3H3,(H,27,28,29). The summed E-state index contributed by atoms with van der Waals surface area (Å²) >= 11 is 7.34. The van der Waals surface area contributed by atoms with Crippen LogP contribution < -0.4 is 10.2 Å². The van der Waals surface area contributed by atoms with Gasteiger partial charge in [0.1, 0.15) is 16.5 Å². The molecule has 0 spiro atoms. The maximum Gasteiger partial charge on any atom is 0.446 e. The highest BCUT2D eigenvalue weighted by atomic mass is 35.5. The molecule has 1 aliphatic heterocycles. The number of carbonyl (C=O) groups excluding carboxylic acids is 2. The van der Waals surface area contributed by atoms with Gasteiger partial charge in [-0.25, -0.2) is 19.7 Å². The van der Waals surface area contributed by atoms with E-state index in [1.54, 1.807) is 26.0 Å². The largest absolute Gasteiger partial charge is 0.446 e. The van der Waals surface area contributed by atoms with Crippen molar-refractivity contribution in [2.45, 2.75) is 43.3 Å². The first kappa shape index (κ1) is 25.3. The van der Waals surface area contributed by atoms with Gasteiger partial charge in [0, 0.05) is 16.8 Å². The third-order valence-corrected chi connectivity index (χ3v) is 7.01. The minimum Gasteiger partial charge on any atom is -0.316 e. The van der Waals surface area contributed by atoms with Crippen LogP contribution >= 0.6 is 34.7 Å². The van der Waals surface area contributed by atoms with Crippen LogP contribution in [0.25, 0.3) is 0 Å². The highest BCUT2D eigenvalue weighted by molar-refractivity contribution is 8.00. The van der Waals surface area contributed by atoms with Gasteiger partial charge in [0.2, 0.25) is 0 Å². The lowest BCUT2D eigenvalue weighted by Gasteiger charge is -2.27. The second-order valence-corrected chi connectivity index (χ2v) is 10.6. The average Bonchev–Trinajstić information content (AvgIpc) is 3.22. The van der Waals surface area contributed by atoms with Crippen LogP contribution in [0.15, 0.2) is 46.7 Å². The Kier molecular flexibility index (Phi) is 6.73. The molecule has 1 aliphatic rings. The van der Waals surface area contributed by atoms with Crippen molar-refractivity contribution in [1.82, 2.24) is 14.9 Å². The quantitative estimate of drug-likeness (QED) is 0.215. The van der Waals surface area contributed by atoms with E-state index < -0.39 is 23.0 Å². The number of alkyl halides is 3. The van der Waals surface area contributed by atoms with Crippen LogP contribution in [0.4, 0.5) is 34.6 Å². The molecule has 0 bridgehead atoms. The van der Waals surface area contributed by atoms with E-state index in [1.165, 1.54) is 40.5 Å². The Morgan fingerprint density at radius 2 is 1.83 bits per heavy atom. The fraction of sp³-hybridized carbons (Fsp3) is 0.273. The smallest absolute Gasteiger partial charge is 0.316 e. The van der Waals surface area contributed by atoms with E-state index in [2.05, 4.69) is 15.3 Å². The Balaban J connectivity index is 1.57. The lowest BCUT2D eigenvalue weighted by molar-refractivity contribution is -0.123. The predicted molar refractivity (Wildman–Crippen MR) is 130 cm³/mol. The van der Waals surface area contributed by atoms with E-state index in [0.717, 1.165) is 10.6 Å². The summed E-state index contributed by atoms with van der Waals surface area (Å²) in [6.07, 6.45) is 0. The van der Waals surface area contributed by atoms with E-state index in [9.17, 15) is 22.8 Å². The lowest BCUT2D eigenvalue weighted by atomic mass is 10.0. The zero-order chi connectivity index (χ0) is 25.5. The number of thiazole rings is 1. The monoisotopic (exact) mass is 541 g/mol. The number of benzene rings is 1. The van der Waals surface area contributed by atoms with Crippen LogP contribution in [0.2, 0.25) is 5.15 Å². The predicted octanol–water partition coefficient (Wildman–Crippen LogP) is 6.60. The van der Waals surface area contributed by atoms with Crippen LogP contribution in [-0.4, -0.2) is 37.9 Å². The number of amides is 3. The zero-order valence-electron chi connectivity index (χ0n) is 18.7. The van der Waals surface area contributed by atoms with Gasteiger partial charge in [0.05, 0.1) is 11.4 Å². The summed E-state index contributed by atoms with van der Waals surface area (Å²) in [5.41, 5.74) is -3.96. The van der Waals surface area contributed by atoms with Gasteiger partial charge in [0.15, 0.2) is 5.13 Å². The molecule has 3 aromatic rings. The first-order valence-electron chi connectivity index (χ1n) is 10.2. The van der Waals surface area contributed by atoms with Crippen LogP contribution in [0.5, 0.6) is 0 Å². The van der Waals surface area contributed by atoms with Crippen molar-refractivity contribution in [1.29, 1.82) is 0 Å². The number of aromatic nitrogens is 2. The molecule has 7 nitrogen and oxygen atoms in total. The second-order valence-electron chi connectivity index (χ2n) is 8.21. The van der Waals surface area contributed by atoms with E-state index in [4.69, 9.17) is 11.6 Å². The van der Waals surface area contributed by atoms with Crippen LogP contribution in [0, 0.1) is 6.92 Å². The summed E-state index contributed by atoms with van der Waals surface area (Å²) in [6, 6.07) is 7.82. The van der Waals surface area contributed by atoms with Gasteiger partial charge in [-0.1, -0.05) is 11.6 Å². The summed E-state index contributed by atoms with van der Waals surface area (Å²) in [4.78, 5) is 37.3. The molecule has 35 heavy (non-hydrogen) atoms. The van der Waals surface area contributed by atoms with Crippen molar-refractivity contribution in [3.63, 3.8) is 0 Å². The van der Waals surface area contributed by atoms with Gasteiger partial charge < -0.3 is 10.2 Å². The highest BCUT2D eigenvalue weighted by Gasteiger charge is 2.51. The minimum absolute atomic E-state index is 0.0432. The molecule has 184 valence electrons. The Morgan fingerprint density at radius 1 is 1.14 bits per heavy atom. The maximum atomic E-state index is 13.3. The number of anilines is 3. The molecule has 0 atom stereocenters. The molecule has 0 aliphatic carbocycles.